The average molecular weight is 362 g/mol. The summed E-state index contributed by atoms with van der Waals surface area (Å²) in [5, 5.41) is 3.76. The Morgan fingerprint density at radius 2 is 1.83 bits per heavy atom. The lowest BCUT2D eigenvalue weighted by Crippen LogP contribution is -2.25. The molecule has 0 atom stereocenters. The van der Waals surface area contributed by atoms with E-state index in [4.69, 9.17) is 11.6 Å². The lowest BCUT2D eigenvalue weighted by atomic mass is 10.1. The molecule has 128 valence electrons. The molecule has 0 aromatic heterocycles. The van der Waals surface area contributed by atoms with Gasteiger partial charge in [-0.2, -0.15) is 11.8 Å². The first kappa shape index (κ1) is 18.9. The van der Waals surface area contributed by atoms with Gasteiger partial charge in [0.1, 0.15) is 0 Å². The van der Waals surface area contributed by atoms with Crippen LogP contribution >= 0.6 is 23.4 Å². The molecule has 0 aliphatic heterocycles. The summed E-state index contributed by atoms with van der Waals surface area (Å²) in [5.74, 6) is 1.95. The van der Waals surface area contributed by atoms with Crippen molar-refractivity contribution in [2.45, 2.75) is 31.9 Å². The molecule has 0 spiro atoms. The van der Waals surface area contributed by atoms with Crippen molar-refractivity contribution in [1.29, 1.82) is 0 Å². The van der Waals surface area contributed by atoms with Crippen molar-refractivity contribution in [3.8, 4) is 0 Å². The second kappa shape index (κ2) is 10.4. The molecule has 0 fully saturated rings. The van der Waals surface area contributed by atoms with Crippen LogP contribution in [0.15, 0.2) is 48.5 Å². The molecule has 4 heteroatoms. The molecule has 0 unspecified atom stereocenters. The van der Waals surface area contributed by atoms with Crippen LogP contribution in [0.5, 0.6) is 0 Å². The Bertz CT molecular complexity index is 642. The summed E-state index contributed by atoms with van der Waals surface area (Å²) in [4.78, 5) is 11.9. The van der Waals surface area contributed by atoms with Crippen LogP contribution in [0.2, 0.25) is 5.02 Å². The molecule has 1 amide bonds. The van der Waals surface area contributed by atoms with E-state index in [9.17, 15) is 4.79 Å². The predicted molar refractivity (Wildman–Crippen MR) is 105 cm³/mol. The summed E-state index contributed by atoms with van der Waals surface area (Å²) in [5.41, 5.74) is 3.77. The lowest BCUT2D eigenvalue weighted by molar-refractivity contribution is -0.120. The largest absolute Gasteiger partial charge is 0.355 e. The van der Waals surface area contributed by atoms with E-state index in [-0.39, 0.29) is 5.91 Å². The third kappa shape index (κ3) is 6.98. The smallest absolute Gasteiger partial charge is 0.220 e. The monoisotopic (exact) mass is 361 g/mol. The number of thioether (sulfide) groups is 1. The van der Waals surface area contributed by atoms with Gasteiger partial charge in [-0.05, 0) is 41.7 Å². The van der Waals surface area contributed by atoms with Gasteiger partial charge in [0, 0.05) is 29.5 Å². The van der Waals surface area contributed by atoms with Gasteiger partial charge in [0.25, 0.3) is 0 Å². The van der Waals surface area contributed by atoms with Gasteiger partial charge in [0.05, 0.1) is 0 Å². The van der Waals surface area contributed by atoms with Crippen molar-refractivity contribution in [2.75, 3.05) is 12.3 Å². The van der Waals surface area contributed by atoms with E-state index in [0.29, 0.717) is 13.0 Å². The van der Waals surface area contributed by atoms with Crippen molar-refractivity contribution < 1.29 is 4.79 Å². The Morgan fingerprint density at radius 3 is 2.54 bits per heavy atom. The molecule has 0 saturated carbocycles. The maximum atomic E-state index is 11.9. The van der Waals surface area contributed by atoms with Crippen molar-refractivity contribution >= 4 is 29.3 Å². The van der Waals surface area contributed by atoms with Crippen molar-refractivity contribution in [1.82, 2.24) is 5.32 Å². The zero-order valence-electron chi connectivity index (χ0n) is 14.1. The van der Waals surface area contributed by atoms with Gasteiger partial charge >= 0.3 is 0 Å². The van der Waals surface area contributed by atoms with Crippen LogP contribution in [0.4, 0.5) is 0 Å². The van der Waals surface area contributed by atoms with Crippen LogP contribution in [0.1, 0.15) is 30.0 Å². The van der Waals surface area contributed by atoms with Crippen LogP contribution in [0, 0.1) is 0 Å². The number of carbonyl (C=O) groups is 1. The van der Waals surface area contributed by atoms with Crippen LogP contribution in [-0.4, -0.2) is 18.2 Å². The molecular formula is C20H24ClNOS. The van der Waals surface area contributed by atoms with Crippen molar-refractivity contribution in [3.05, 3.63) is 70.2 Å². The fourth-order valence-corrected chi connectivity index (χ4v) is 3.39. The van der Waals surface area contributed by atoms with E-state index in [1.165, 1.54) is 16.7 Å². The summed E-state index contributed by atoms with van der Waals surface area (Å²) in [6.45, 7) is 2.85. The maximum Gasteiger partial charge on any atom is 0.220 e. The number of hydrogen-bond donors (Lipinski definition) is 1. The van der Waals surface area contributed by atoms with Gasteiger partial charge in [-0.15, -0.1) is 0 Å². The number of hydrogen-bond acceptors (Lipinski definition) is 2. The molecular weight excluding hydrogens is 338 g/mol. The maximum absolute atomic E-state index is 11.9. The van der Waals surface area contributed by atoms with E-state index in [1.54, 1.807) is 11.8 Å². The number of benzene rings is 2. The zero-order chi connectivity index (χ0) is 17.2. The Labute approximate surface area is 154 Å². The third-order valence-electron chi connectivity index (χ3n) is 3.80. The highest BCUT2D eigenvalue weighted by Gasteiger charge is 2.02. The minimum absolute atomic E-state index is 0.123. The molecule has 2 rings (SSSR count). The fourth-order valence-electron chi connectivity index (χ4n) is 2.37. The lowest BCUT2D eigenvalue weighted by Gasteiger charge is -2.06. The normalized spacial score (nSPS) is 10.6. The zero-order valence-corrected chi connectivity index (χ0v) is 15.6. The molecule has 0 aliphatic rings. The third-order valence-corrected chi connectivity index (χ3v) is 5.06. The standard InChI is InChI=1S/C20H24ClNOS/c1-2-16-6-8-17(9-7-16)10-11-20(23)22-12-13-24-15-18-4-3-5-19(21)14-18/h3-9,14H,2,10-13,15H2,1H3,(H,22,23). The van der Waals surface area contributed by atoms with Gasteiger partial charge in [-0.3, -0.25) is 4.79 Å². The molecule has 0 aliphatic carbocycles. The number of halogens is 1. The van der Waals surface area contributed by atoms with Crippen LogP contribution < -0.4 is 5.32 Å². The summed E-state index contributed by atoms with van der Waals surface area (Å²) < 4.78 is 0. The molecule has 24 heavy (non-hydrogen) atoms. The fraction of sp³-hybridized carbons (Fsp3) is 0.350. The summed E-state index contributed by atoms with van der Waals surface area (Å²) in [6.07, 6.45) is 2.39. The second-order valence-electron chi connectivity index (χ2n) is 5.70. The van der Waals surface area contributed by atoms with Crippen LogP contribution in [0.3, 0.4) is 0 Å². The van der Waals surface area contributed by atoms with E-state index in [1.807, 2.05) is 18.2 Å². The van der Waals surface area contributed by atoms with Gasteiger partial charge in [-0.1, -0.05) is 54.9 Å². The Balaban J connectivity index is 1.57. The highest BCUT2D eigenvalue weighted by Crippen LogP contribution is 2.16. The van der Waals surface area contributed by atoms with Crippen LogP contribution in [0.25, 0.3) is 0 Å². The van der Waals surface area contributed by atoms with Crippen molar-refractivity contribution in [2.24, 2.45) is 0 Å². The van der Waals surface area contributed by atoms with Gasteiger partial charge in [-0.25, -0.2) is 0 Å². The molecule has 0 bridgehead atoms. The van der Waals surface area contributed by atoms with Crippen LogP contribution in [-0.2, 0) is 23.4 Å². The topological polar surface area (TPSA) is 29.1 Å². The first-order valence-electron chi connectivity index (χ1n) is 8.34. The van der Waals surface area contributed by atoms with Gasteiger partial charge < -0.3 is 5.32 Å². The summed E-state index contributed by atoms with van der Waals surface area (Å²) >= 11 is 7.76. The highest BCUT2D eigenvalue weighted by molar-refractivity contribution is 7.98. The molecule has 0 radical (unpaired) electrons. The molecule has 0 saturated heterocycles. The van der Waals surface area contributed by atoms with E-state index < -0.39 is 0 Å². The van der Waals surface area contributed by atoms with Crippen molar-refractivity contribution in [3.63, 3.8) is 0 Å². The molecule has 2 aromatic rings. The number of aryl methyl sites for hydroxylation is 2. The summed E-state index contributed by atoms with van der Waals surface area (Å²) in [7, 11) is 0. The highest BCUT2D eigenvalue weighted by atomic mass is 35.5. The minimum atomic E-state index is 0.123. The minimum Gasteiger partial charge on any atom is -0.355 e. The van der Waals surface area contributed by atoms with E-state index in [0.717, 1.165) is 29.4 Å². The predicted octanol–water partition coefficient (Wildman–Crippen LogP) is 4.88. The first-order chi connectivity index (χ1) is 11.7. The Hall–Kier alpha value is -1.45. The van der Waals surface area contributed by atoms with Gasteiger partial charge in [0.2, 0.25) is 5.91 Å². The second-order valence-corrected chi connectivity index (χ2v) is 7.24. The van der Waals surface area contributed by atoms with E-state index >= 15 is 0 Å². The van der Waals surface area contributed by atoms with Gasteiger partial charge in [0.15, 0.2) is 0 Å². The molecule has 0 heterocycles. The Kier molecular flexibility index (Phi) is 8.20. The first-order valence-corrected chi connectivity index (χ1v) is 9.87. The van der Waals surface area contributed by atoms with E-state index in [2.05, 4.69) is 42.6 Å². The SMILES string of the molecule is CCc1ccc(CCC(=O)NCCSCc2cccc(Cl)c2)cc1. The molecule has 1 N–H and O–H groups in total. The quantitative estimate of drug-likeness (QED) is 0.644. The number of nitrogens with one attached hydrogen (secondary N) is 1. The molecule has 2 nitrogen and oxygen atoms in total. The number of amides is 1. The number of carbonyl (C=O) groups excluding carboxylic acids is 1. The number of rotatable bonds is 9. The Morgan fingerprint density at radius 1 is 1.08 bits per heavy atom. The average Bonchev–Trinajstić information content (AvgIpc) is 2.60. The summed E-state index contributed by atoms with van der Waals surface area (Å²) in [6, 6.07) is 16.4. The molecule has 2 aromatic carbocycles.